The highest BCUT2D eigenvalue weighted by atomic mass is 79.9. The monoisotopic (exact) mass is 311 g/mol. The van der Waals surface area contributed by atoms with E-state index in [-0.39, 0.29) is 18.2 Å². The van der Waals surface area contributed by atoms with Crippen molar-refractivity contribution in [3.63, 3.8) is 0 Å². The summed E-state index contributed by atoms with van der Waals surface area (Å²) < 4.78 is 1.11. The molecule has 1 fully saturated rings. The van der Waals surface area contributed by atoms with E-state index in [4.69, 9.17) is 0 Å². The lowest BCUT2D eigenvalue weighted by atomic mass is 10.0. The molecule has 2 N–H and O–H groups in total. The van der Waals surface area contributed by atoms with E-state index in [1.54, 1.807) is 0 Å². The number of benzene rings is 1. The lowest BCUT2D eigenvalue weighted by molar-refractivity contribution is 0.115. The molecule has 0 aromatic heterocycles. The molecule has 100 valence electrons. The number of rotatable bonds is 3. The molecule has 2 rings (SSSR count). The highest BCUT2D eigenvalue weighted by Gasteiger charge is 2.23. The van der Waals surface area contributed by atoms with Gasteiger partial charge in [0.25, 0.3) is 0 Å². The first-order chi connectivity index (χ1) is 8.66. The molecular formula is C15H22BrNO. The van der Waals surface area contributed by atoms with Gasteiger partial charge in [-0.25, -0.2) is 0 Å². The van der Waals surface area contributed by atoms with Crippen molar-refractivity contribution in [2.75, 3.05) is 0 Å². The third-order valence-electron chi connectivity index (χ3n) is 3.79. The fourth-order valence-electron chi connectivity index (χ4n) is 2.68. The van der Waals surface area contributed by atoms with Crippen LogP contribution in [0.15, 0.2) is 28.7 Å². The Labute approximate surface area is 118 Å². The second kappa shape index (κ2) is 6.69. The number of hydrogen-bond acceptors (Lipinski definition) is 2. The molecule has 1 aliphatic rings. The standard InChI is InChI=1S/C15H22BrNO/c1-11(12-6-5-7-13(16)10-12)17-14-8-3-2-4-9-15(14)18/h5-7,10-11,14-15,17-18H,2-4,8-9H2,1H3. The normalized spacial score (nSPS) is 26.6. The van der Waals surface area contributed by atoms with Gasteiger partial charge >= 0.3 is 0 Å². The van der Waals surface area contributed by atoms with Gasteiger partial charge < -0.3 is 10.4 Å². The maximum Gasteiger partial charge on any atom is 0.0693 e. The third-order valence-corrected chi connectivity index (χ3v) is 4.29. The van der Waals surface area contributed by atoms with Crippen LogP contribution in [0.3, 0.4) is 0 Å². The molecule has 0 aliphatic heterocycles. The van der Waals surface area contributed by atoms with Gasteiger partial charge in [-0.1, -0.05) is 47.3 Å². The number of nitrogens with one attached hydrogen (secondary N) is 1. The van der Waals surface area contributed by atoms with E-state index < -0.39 is 0 Å². The predicted molar refractivity (Wildman–Crippen MR) is 78.6 cm³/mol. The summed E-state index contributed by atoms with van der Waals surface area (Å²) in [5, 5.41) is 13.7. The summed E-state index contributed by atoms with van der Waals surface area (Å²) in [4.78, 5) is 0. The van der Waals surface area contributed by atoms with E-state index in [0.717, 1.165) is 23.7 Å². The molecule has 0 amide bonds. The first kappa shape index (κ1) is 14.0. The van der Waals surface area contributed by atoms with Gasteiger partial charge in [0.1, 0.15) is 0 Å². The van der Waals surface area contributed by atoms with Crippen molar-refractivity contribution in [1.29, 1.82) is 0 Å². The van der Waals surface area contributed by atoms with Crippen LogP contribution in [0.1, 0.15) is 50.6 Å². The van der Waals surface area contributed by atoms with Crippen molar-refractivity contribution >= 4 is 15.9 Å². The van der Waals surface area contributed by atoms with Crippen LogP contribution in [0, 0.1) is 0 Å². The Morgan fingerprint density at radius 2 is 2.06 bits per heavy atom. The minimum absolute atomic E-state index is 0.192. The molecule has 3 heteroatoms. The summed E-state index contributed by atoms with van der Waals surface area (Å²) >= 11 is 3.50. The highest BCUT2D eigenvalue weighted by Crippen LogP contribution is 2.23. The van der Waals surface area contributed by atoms with E-state index in [0.29, 0.717) is 0 Å². The van der Waals surface area contributed by atoms with Crippen LogP contribution in [-0.4, -0.2) is 17.3 Å². The van der Waals surface area contributed by atoms with Crippen LogP contribution in [0.5, 0.6) is 0 Å². The van der Waals surface area contributed by atoms with E-state index in [1.807, 2.05) is 6.07 Å². The molecule has 0 heterocycles. The van der Waals surface area contributed by atoms with Gasteiger partial charge in [0.05, 0.1) is 6.10 Å². The van der Waals surface area contributed by atoms with Crippen molar-refractivity contribution in [2.24, 2.45) is 0 Å². The molecule has 3 atom stereocenters. The number of aliphatic hydroxyl groups is 1. The van der Waals surface area contributed by atoms with Crippen LogP contribution < -0.4 is 5.32 Å². The van der Waals surface area contributed by atoms with Crippen molar-refractivity contribution in [2.45, 2.75) is 57.2 Å². The van der Waals surface area contributed by atoms with Crippen LogP contribution in [-0.2, 0) is 0 Å². The fourth-order valence-corrected chi connectivity index (χ4v) is 3.09. The summed E-state index contributed by atoms with van der Waals surface area (Å²) in [7, 11) is 0. The molecule has 0 radical (unpaired) electrons. The summed E-state index contributed by atoms with van der Waals surface area (Å²) in [6.07, 6.45) is 5.45. The number of aliphatic hydroxyl groups excluding tert-OH is 1. The van der Waals surface area contributed by atoms with Gasteiger partial charge in [-0.2, -0.15) is 0 Å². The molecule has 3 unspecified atom stereocenters. The van der Waals surface area contributed by atoms with Gasteiger partial charge in [-0.3, -0.25) is 0 Å². The highest BCUT2D eigenvalue weighted by molar-refractivity contribution is 9.10. The summed E-state index contributed by atoms with van der Waals surface area (Å²) in [6, 6.07) is 8.88. The average Bonchev–Trinajstić information content (AvgIpc) is 2.55. The van der Waals surface area contributed by atoms with Crippen molar-refractivity contribution in [3.8, 4) is 0 Å². The fraction of sp³-hybridized carbons (Fsp3) is 0.600. The smallest absolute Gasteiger partial charge is 0.0693 e. The van der Waals surface area contributed by atoms with Gasteiger partial charge in [0.15, 0.2) is 0 Å². The largest absolute Gasteiger partial charge is 0.392 e. The molecule has 18 heavy (non-hydrogen) atoms. The van der Waals surface area contributed by atoms with Crippen molar-refractivity contribution in [1.82, 2.24) is 5.32 Å². The molecule has 0 bridgehead atoms. The zero-order valence-corrected chi connectivity index (χ0v) is 12.5. The summed E-state index contributed by atoms with van der Waals surface area (Å²) in [6.45, 7) is 2.17. The molecule has 0 spiro atoms. The lowest BCUT2D eigenvalue weighted by Gasteiger charge is -2.26. The van der Waals surface area contributed by atoms with Crippen LogP contribution in [0.4, 0.5) is 0 Å². The maximum absolute atomic E-state index is 10.1. The Morgan fingerprint density at radius 1 is 1.28 bits per heavy atom. The van der Waals surface area contributed by atoms with Gasteiger partial charge in [-0.15, -0.1) is 0 Å². The second-order valence-electron chi connectivity index (χ2n) is 5.26. The average molecular weight is 312 g/mol. The molecular weight excluding hydrogens is 290 g/mol. The van der Waals surface area contributed by atoms with Gasteiger partial charge in [-0.05, 0) is 37.5 Å². The Balaban J connectivity index is 1.99. The van der Waals surface area contributed by atoms with Crippen LogP contribution >= 0.6 is 15.9 Å². The van der Waals surface area contributed by atoms with Gasteiger partial charge in [0, 0.05) is 16.6 Å². The molecule has 1 saturated carbocycles. The van der Waals surface area contributed by atoms with E-state index in [1.165, 1.54) is 18.4 Å². The molecule has 1 aromatic carbocycles. The zero-order valence-electron chi connectivity index (χ0n) is 10.9. The second-order valence-corrected chi connectivity index (χ2v) is 6.17. The lowest BCUT2D eigenvalue weighted by Crippen LogP contribution is -2.40. The Bertz CT molecular complexity index is 383. The first-order valence-electron chi connectivity index (χ1n) is 6.86. The maximum atomic E-state index is 10.1. The molecule has 1 aliphatic carbocycles. The van der Waals surface area contributed by atoms with Crippen molar-refractivity contribution in [3.05, 3.63) is 34.3 Å². The van der Waals surface area contributed by atoms with Crippen LogP contribution in [0.25, 0.3) is 0 Å². The zero-order chi connectivity index (χ0) is 13.0. The van der Waals surface area contributed by atoms with Gasteiger partial charge in [0.2, 0.25) is 0 Å². The predicted octanol–water partition coefficient (Wildman–Crippen LogP) is 3.79. The minimum atomic E-state index is -0.192. The first-order valence-corrected chi connectivity index (χ1v) is 7.65. The Morgan fingerprint density at radius 3 is 2.83 bits per heavy atom. The summed E-state index contributed by atoms with van der Waals surface area (Å²) in [5.74, 6) is 0. The Kier molecular flexibility index (Phi) is 5.22. The van der Waals surface area contributed by atoms with Crippen LogP contribution in [0.2, 0.25) is 0 Å². The van der Waals surface area contributed by atoms with E-state index in [9.17, 15) is 5.11 Å². The molecule has 1 aromatic rings. The third kappa shape index (κ3) is 3.81. The number of hydrogen-bond donors (Lipinski definition) is 2. The molecule has 0 saturated heterocycles. The van der Waals surface area contributed by atoms with Crippen molar-refractivity contribution < 1.29 is 5.11 Å². The topological polar surface area (TPSA) is 32.3 Å². The quantitative estimate of drug-likeness (QED) is 0.832. The summed E-state index contributed by atoms with van der Waals surface area (Å²) in [5.41, 5.74) is 1.26. The van der Waals surface area contributed by atoms with E-state index >= 15 is 0 Å². The molecule has 2 nitrogen and oxygen atoms in total. The number of halogens is 1. The Hall–Kier alpha value is -0.380. The van der Waals surface area contributed by atoms with E-state index in [2.05, 4.69) is 46.4 Å². The SMILES string of the molecule is CC(NC1CCCCCC1O)c1cccc(Br)c1. The minimum Gasteiger partial charge on any atom is -0.392 e.